The van der Waals surface area contributed by atoms with Crippen LogP contribution in [0.3, 0.4) is 0 Å². The zero-order valence-electron chi connectivity index (χ0n) is 16.2. The number of halogens is 1. The van der Waals surface area contributed by atoms with E-state index in [1.165, 1.54) is 12.1 Å². The van der Waals surface area contributed by atoms with Crippen molar-refractivity contribution >= 4 is 22.9 Å². The van der Waals surface area contributed by atoms with E-state index in [1.54, 1.807) is 19.3 Å². The average molecular weight is 391 g/mol. The summed E-state index contributed by atoms with van der Waals surface area (Å²) in [7, 11) is 1.60. The van der Waals surface area contributed by atoms with Gasteiger partial charge in [0.25, 0.3) is 5.91 Å². The molecule has 0 saturated heterocycles. The number of amides is 1. The molecule has 1 heterocycles. The van der Waals surface area contributed by atoms with Crippen molar-refractivity contribution in [1.82, 2.24) is 9.88 Å². The molecule has 148 valence electrons. The van der Waals surface area contributed by atoms with Gasteiger partial charge < -0.3 is 14.6 Å². The number of nitrogens with one attached hydrogen (secondary N) is 1. The van der Waals surface area contributed by atoms with Crippen LogP contribution < -0.4 is 5.32 Å². The molecule has 3 aromatic rings. The van der Waals surface area contributed by atoms with Gasteiger partial charge in [0.05, 0.1) is 0 Å². The molecule has 0 unspecified atom stereocenters. The Balaban J connectivity index is 1.90. The lowest BCUT2D eigenvalue weighted by Crippen LogP contribution is -2.26. The van der Waals surface area contributed by atoms with Crippen molar-refractivity contribution in [2.75, 3.05) is 20.3 Å². The van der Waals surface area contributed by atoms with Gasteiger partial charge in [0.2, 0.25) is 0 Å². The number of fused-ring (bicyclic) bond motifs is 1. The molecule has 0 saturated carbocycles. The standard InChI is InChI=1S/C23H22FN3O2/c1-29-11-5-10-26-23(28)18(14-25)13-19-16-27(22-9-3-2-8-21(19)22)15-17-6-4-7-20(24)12-17/h2-4,6-9,12-13,16H,5,10-11,15H2,1H3,(H,26,28)/b18-13-. The minimum absolute atomic E-state index is 0.0380. The SMILES string of the molecule is COCCCNC(=O)/C(C#N)=C\c1cn(Cc2cccc(F)c2)c2ccccc12. The number of methoxy groups -OCH3 is 1. The van der Waals surface area contributed by atoms with Crippen LogP contribution in [-0.2, 0) is 16.1 Å². The van der Waals surface area contributed by atoms with Gasteiger partial charge in [0.1, 0.15) is 17.5 Å². The van der Waals surface area contributed by atoms with Gasteiger partial charge in [0, 0.05) is 49.5 Å². The van der Waals surface area contributed by atoms with Crippen LogP contribution in [0.15, 0.2) is 60.3 Å². The van der Waals surface area contributed by atoms with E-state index in [9.17, 15) is 14.4 Å². The number of hydrogen-bond acceptors (Lipinski definition) is 3. The lowest BCUT2D eigenvalue weighted by Gasteiger charge is -2.05. The molecule has 6 heteroatoms. The highest BCUT2D eigenvalue weighted by molar-refractivity contribution is 6.04. The topological polar surface area (TPSA) is 67.0 Å². The summed E-state index contributed by atoms with van der Waals surface area (Å²) in [5.74, 6) is -0.693. The summed E-state index contributed by atoms with van der Waals surface area (Å²) >= 11 is 0. The van der Waals surface area contributed by atoms with Gasteiger partial charge in [-0.25, -0.2) is 4.39 Å². The first kappa shape index (κ1) is 20.3. The Bertz CT molecular complexity index is 1080. The first-order chi connectivity index (χ1) is 14.1. The zero-order valence-corrected chi connectivity index (χ0v) is 16.2. The summed E-state index contributed by atoms with van der Waals surface area (Å²) in [6, 6.07) is 16.2. The van der Waals surface area contributed by atoms with Gasteiger partial charge >= 0.3 is 0 Å². The monoisotopic (exact) mass is 391 g/mol. The van der Waals surface area contributed by atoms with Gasteiger partial charge in [-0.3, -0.25) is 4.79 Å². The second-order valence-corrected chi connectivity index (χ2v) is 6.63. The Morgan fingerprint density at radius 3 is 2.86 bits per heavy atom. The molecule has 3 rings (SSSR count). The minimum atomic E-state index is -0.412. The van der Waals surface area contributed by atoms with Crippen molar-refractivity contribution in [2.45, 2.75) is 13.0 Å². The van der Waals surface area contributed by atoms with E-state index in [0.29, 0.717) is 26.1 Å². The van der Waals surface area contributed by atoms with Gasteiger partial charge in [-0.05, 0) is 36.3 Å². The summed E-state index contributed by atoms with van der Waals surface area (Å²) < 4.78 is 20.5. The Kier molecular flexibility index (Phi) is 6.77. The van der Waals surface area contributed by atoms with Crippen molar-refractivity contribution in [1.29, 1.82) is 5.26 Å². The maximum Gasteiger partial charge on any atom is 0.261 e. The lowest BCUT2D eigenvalue weighted by atomic mass is 10.1. The molecule has 0 atom stereocenters. The molecular formula is C23H22FN3O2. The fourth-order valence-electron chi connectivity index (χ4n) is 3.17. The maximum atomic E-state index is 13.5. The quantitative estimate of drug-likeness (QED) is 0.360. The highest BCUT2D eigenvalue weighted by Crippen LogP contribution is 2.24. The molecule has 0 spiro atoms. The van der Waals surface area contributed by atoms with Gasteiger partial charge in [0.15, 0.2) is 0 Å². The number of para-hydroxylation sites is 1. The summed E-state index contributed by atoms with van der Waals surface area (Å²) in [6.07, 6.45) is 4.15. The third kappa shape index (κ3) is 5.09. The second kappa shape index (κ2) is 9.67. The van der Waals surface area contributed by atoms with Crippen LogP contribution in [0.5, 0.6) is 0 Å². The van der Waals surface area contributed by atoms with Gasteiger partial charge in [-0.2, -0.15) is 5.26 Å². The first-order valence-electron chi connectivity index (χ1n) is 9.33. The molecule has 0 fully saturated rings. The molecule has 29 heavy (non-hydrogen) atoms. The zero-order chi connectivity index (χ0) is 20.6. The van der Waals surface area contributed by atoms with Crippen LogP contribution in [0, 0.1) is 17.1 Å². The maximum absolute atomic E-state index is 13.5. The van der Waals surface area contributed by atoms with Crippen molar-refractivity contribution in [3.63, 3.8) is 0 Å². The van der Waals surface area contributed by atoms with E-state index >= 15 is 0 Å². The highest BCUT2D eigenvalue weighted by atomic mass is 19.1. The number of hydrogen-bond donors (Lipinski definition) is 1. The van der Waals surface area contributed by atoms with Crippen LogP contribution in [0.4, 0.5) is 4.39 Å². The molecule has 0 bridgehead atoms. The molecule has 1 N–H and O–H groups in total. The van der Waals surface area contributed by atoms with Crippen molar-refractivity contribution in [2.24, 2.45) is 0 Å². The third-order valence-corrected chi connectivity index (χ3v) is 4.54. The normalized spacial score (nSPS) is 11.4. The number of aromatic nitrogens is 1. The van der Waals surface area contributed by atoms with Crippen LogP contribution >= 0.6 is 0 Å². The number of ether oxygens (including phenoxy) is 1. The first-order valence-corrected chi connectivity index (χ1v) is 9.33. The fraction of sp³-hybridized carbons (Fsp3) is 0.217. The Labute approximate surface area is 169 Å². The van der Waals surface area contributed by atoms with Crippen LogP contribution in [0.1, 0.15) is 17.5 Å². The number of carbonyl (C=O) groups excluding carboxylic acids is 1. The summed E-state index contributed by atoms with van der Waals surface area (Å²) in [4.78, 5) is 12.3. The van der Waals surface area contributed by atoms with Crippen molar-refractivity contribution < 1.29 is 13.9 Å². The number of carbonyl (C=O) groups is 1. The van der Waals surface area contributed by atoms with Crippen LogP contribution in [0.25, 0.3) is 17.0 Å². The van der Waals surface area contributed by atoms with E-state index < -0.39 is 5.91 Å². The predicted octanol–water partition coefficient (Wildman–Crippen LogP) is 3.89. The van der Waals surface area contributed by atoms with E-state index in [4.69, 9.17) is 4.74 Å². The minimum Gasteiger partial charge on any atom is -0.385 e. The highest BCUT2D eigenvalue weighted by Gasteiger charge is 2.12. The summed E-state index contributed by atoms with van der Waals surface area (Å²) in [5, 5.41) is 13.1. The van der Waals surface area contributed by atoms with Gasteiger partial charge in [-0.15, -0.1) is 0 Å². The number of rotatable bonds is 8. The molecule has 0 aliphatic rings. The van der Waals surface area contributed by atoms with Crippen molar-refractivity contribution in [3.05, 3.63) is 77.2 Å². The van der Waals surface area contributed by atoms with Crippen LogP contribution in [0.2, 0.25) is 0 Å². The summed E-state index contributed by atoms with van der Waals surface area (Å²) in [5.41, 5.74) is 2.58. The molecule has 5 nitrogen and oxygen atoms in total. The molecule has 0 aliphatic carbocycles. The van der Waals surface area contributed by atoms with Crippen LogP contribution in [-0.4, -0.2) is 30.7 Å². The number of nitrogens with zero attached hydrogens (tertiary/aromatic N) is 2. The van der Waals surface area contributed by atoms with E-state index in [2.05, 4.69) is 5.32 Å². The van der Waals surface area contributed by atoms with Gasteiger partial charge in [-0.1, -0.05) is 30.3 Å². The third-order valence-electron chi connectivity index (χ3n) is 4.54. The molecule has 1 aromatic heterocycles. The van der Waals surface area contributed by atoms with E-state index in [0.717, 1.165) is 22.0 Å². The Morgan fingerprint density at radius 1 is 1.28 bits per heavy atom. The molecular weight excluding hydrogens is 369 g/mol. The molecule has 0 radical (unpaired) electrons. The lowest BCUT2D eigenvalue weighted by molar-refractivity contribution is -0.117. The number of benzene rings is 2. The average Bonchev–Trinajstić information content (AvgIpc) is 3.06. The molecule has 1 amide bonds. The molecule has 0 aliphatic heterocycles. The Morgan fingerprint density at radius 2 is 2.10 bits per heavy atom. The molecule has 2 aromatic carbocycles. The largest absolute Gasteiger partial charge is 0.385 e. The van der Waals surface area contributed by atoms with E-state index in [-0.39, 0.29) is 11.4 Å². The predicted molar refractivity (Wildman–Crippen MR) is 111 cm³/mol. The number of nitriles is 1. The Hall–Kier alpha value is -3.43. The smallest absolute Gasteiger partial charge is 0.261 e. The van der Waals surface area contributed by atoms with Crippen molar-refractivity contribution in [3.8, 4) is 6.07 Å². The van der Waals surface area contributed by atoms with E-state index in [1.807, 2.05) is 47.2 Å². The second-order valence-electron chi connectivity index (χ2n) is 6.63. The summed E-state index contributed by atoms with van der Waals surface area (Å²) in [6.45, 7) is 1.46. The fourth-order valence-corrected chi connectivity index (χ4v) is 3.17.